The van der Waals surface area contributed by atoms with E-state index in [-0.39, 0.29) is 0 Å². The molecule has 0 unspecified atom stereocenters. The van der Waals surface area contributed by atoms with Gasteiger partial charge in [0.1, 0.15) is 0 Å². The first-order valence-electron chi connectivity index (χ1n) is 5.73. The maximum absolute atomic E-state index is 3.62. The van der Waals surface area contributed by atoms with Crippen LogP contribution in [0.15, 0.2) is 51.1 Å². The molecule has 21 heavy (non-hydrogen) atoms. The van der Waals surface area contributed by atoms with E-state index in [1.165, 1.54) is 11.1 Å². The lowest BCUT2D eigenvalue weighted by molar-refractivity contribution is 1.31. The summed E-state index contributed by atoms with van der Waals surface area (Å²) in [6, 6.07) is 8.44. The van der Waals surface area contributed by atoms with Crippen LogP contribution >= 0.6 is 107 Å². The Labute approximate surface area is 179 Å². The molecular formula is C14H8Br6S. The van der Waals surface area contributed by atoms with Gasteiger partial charge in [0.2, 0.25) is 0 Å². The number of rotatable bonds is 4. The molecular weight excluding hydrogens is 680 g/mol. The van der Waals surface area contributed by atoms with E-state index < -0.39 is 0 Å². The highest BCUT2D eigenvalue weighted by molar-refractivity contribution is 9.13. The van der Waals surface area contributed by atoms with Crippen molar-refractivity contribution in [2.45, 2.75) is 11.5 Å². The Bertz CT molecular complexity index is 613. The van der Waals surface area contributed by atoms with E-state index in [2.05, 4.69) is 120 Å². The Morgan fingerprint density at radius 2 is 0.857 bits per heavy atom. The molecule has 0 spiro atoms. The number of hydrogen-bond acceptors (Lipinski definition) is 1. The fraction of sp³-hybridized carbons (Fsp3) is 0.143. The maximum Gasteiger partial charge on any atom is 0.0328 e. The van der Waals surface area contributed by atoms with Crippen LogP contribution in [0.2, 0.25) is 0 Å². The molecule has 0 saturated heterocycles. The molecule has 112 valence electrons. The standard InChI is InChI=1S/C14H8Br6S/c15-9-3-13(19)11(17)1-7(9)5-21-6-8-2-12(18)14(20)4-10(8)16/h1-4H,5-6H2. The predicted molar refractivity (Wildman–Crippen MR) is 114 cm³/mol. The van der Waals surface area contributed by atoms with Crippen LogP contribution in [-0.4, -0.2) is 0 Å². The van der Waals surface area contributed by atoms with Crippen LogP contribution in [0, 0.1) is 0 Å². The van der Waals surface area contributed by atoms with Crippen molar-refractivity contribution in [3.8, 4) is 0 Å². The van der Waals surface area contributed by atoms with Crippen LogP contribution in [0.1, 0.15) is 11.1 Å². The smallest absolute Gasteiger partial charge is 0.0328 e. The van der Waals surface area contributed by atoms with Gasteiger partial charge in [0.15, 0.2) is 0 Å². The molecule has 0 nitrogen and oxygen atoms in total. The predicted octanol–water partition coefficient (Wildman–Crippen LogP) is 8.69. The minimum Gasteiger partial charge on any atom is -0.152 e. The normalized spacial score (nSPS) is 11.0. The molecule has 0 atom stereocenters. The highest BCUT2D eigenvalue weighted by Crippen LogP contribution is 2.35. The molecule has 0 aliphatic rings. The Morgan fingerprint density at radius 3 is 1.24 bits per heavy atom. The SMILES string of the molecule is Brc1cc(Br)c(CSCc2cc(Br)c(Br)cc2Br)cc1Br. The molecule has 0 fully saturated rings. The number of thioether (sulfide) groups is 1. The van der Waals surface area contributed by atoms with E-state index in [0.29, 0.717) is 0 Å². The van der Waals surface area contributed by atoms with Gasteiger partial charge in [-0.2, -0.15) is 11.8 Å². The molecule has 0 radical (unpaired) electrons. The molecule has 2 rings (SSSR count). The maximum atomic E-state index is 3.62. The average molecular weight is 688 g/mol. The summed E-state index contributed by atoms with van der Waals surface area (Å²) in [5, 5.41) is 0. The molecule has 0 aromatic heterocycles. The second kappa shape index (κ2) is 8.67. The molecule has 0 aliphatic carbocycles. The zero-order chi connectivity index (χ0) is 15.6. The summed E-state index contributed by atoms with van der Waals surface area (Å²) < 4.78 is 6.52. The number of hydrogen-bond donors (Lipinski definition) is 0. The van der Waals surface area contributed by atoms with Crippen LogP contribution in [-0.2, 0) is 11.5 Å². The lowest BCUT2D eigenvalue weighted by Gasteiger charge is -2.09. The Kier molecular flexibility index (Phi) is 7.85. The quantitative estimate of drug-likeness (QED) is 0.290. The van der Waals surface area contributed by atoms with Gasteiger partial charge in [0, 0.05) is 38.3 Å². The molecule has 2 aromatic carbocycles. The molecule has 7 heteroatoms. The minimum absolute atomic E-state index is 0.951. The molecule has 0 N–H and O–H groups in total. The average Bonchev–Trinajstić information content (AvgIpc) is 2.41. The van der Waals surface area contributed by atoms with Crippen molar-refractivity contribution in [2.24, 2.45) is 0 Å². The Balaban J connectivity index is 2.05. The van der Waals surface area contributed by atoms with Crippen LogP contribution in [0.25, 0.3) is 0 Å². The molecule has 2 aromatic rings. The van der Waals surface area contributed by atoms with E-state index in [0.717, 1.165) is 38.3 Å². The van der Waals surface area contributed by atoms with Crippen LogP contribution in [0.5, 0.6) is 0 Å². The van der Waals surface area contributed by atoms with Crippen molar-refractivity contribution in [2.75, 3.05) is 0 Å². The van der Waals surface area contributed by atoms with Crippen molar-refractivity contribution in [1.29, 1.82) is 0 Å². The largest absolute Gasteiger partial charge is 0.152 e. The summed E-state index contributed by atoms with van der Waals surface area (Å²) in [5.41, 5.74) is 2.56. The third kappa shape index (κ3) is 5.33. The summed E-state index contributed by atoms with van der Waals surface area (Å²) >= 11 is 23.2. The van der Waals surface area contributed by atoms with E-state index in [1.54, 1.807) is 0 Å². The summed E-state index contributed by atoms with van der Waals surface area (Å²) in [5.74, 6) is 1.90. The number of halogens is 6. The zero-order valence-electron chi connectivity index (χ0n) is 10.4. The van der Waals surface area contributed by atoms with Gasteiger partial charge in [0.25, 0.3) is 0 Å². The fourth-order valence-corrected chi connectivity index (χ4v) is 6.06. The highest BCUT2D eigenvalue weighted by atomic mass is 79.9. The Hall–Kier alpha value is 1.67. The lowest BCUT2D eigenvalue weighted by atomic mass is 10.2. The summed E-state index contributed by atoms with van der Waals surface area (Å²) in [6.45, 7) is 0. The molecule has 0 saturated carbocycles. The molecule has 0 amide bonds. The van der Waals surface area contributed by atoms with Gasteiger partial charge in [0.05, 0.1) is 0 Å². The van der Waals surface area contributed by atoms with Gasteiger partial charge in [-0.3, -0.25) is 0 Å². The van der Waals surface area contributed by atoms with Gasteiger partial charge in [-0.15, -0.1) is 0 Å². The second-order valence-corrected chi connectivity index (χ2v) is 10.3. The van der Waals surface area contributed by atoms with Crippen molar-refractivity contribution in [3.05, 3.63) is 62.2 Å². The van der Waals surface area contributed by atoms with E-state index in [9.17, 15) is 0 Å². The van der Waals surface area contributed by atoms with Gasteiger partial charge < -0.3 is 0 Å². The summed E-state index contributed by atoms with van der Waals surface area (Å²) in [4.78, 5) is 0. The van der Waals surface area contributed by atoms with E-state index >= 15 is 0 Å². The van der Waals surface area contributed by atoms with Gasteiger partial charge in [-0.1, -0.05) is 31.9 Å². The monoisotopic (exact) mass is 682 g/mol. The van der Waals surface area contributed by atoms with Crippen LogP contribution in [0.4, 0.5) is 0 Å². The van der Waals surface area contributed by atoms with E-state index in [4.69, 9.17) is 0 Å². The Morgan fingerprint density at radius 1 is 0.524 bits per heavy atom. The fourth-order valence-electron chi connectivity index (χ4n) is 1.62. The first kappa shape index (κ1) is 19.0. The van der Waals surface area contributed by atoms with Crippen molar-refractivity contribution in [1.82, 2.24) is 0 Å². The van der Waals surface area contributed by atoms with Crippen molar-refractivity contribution < 1.29 is 0 Å². The van der Waals surface area contributed by atoms with Gasteiger partial charge in [-0.05, 0) is 99.1 Å². The topological polar surface area (TPSA) is 0 Å². The third-order valence-electron chi connectivity index (χ3n) is 2.69. The van der Waals surface area contributed by atoms with Crippen molar-refractivity contribution >= 4 is 107 Å². The van der Waals surface area contributed by atoms with Crippen LogP contribution < -0.4 is 0 Å². The molecule has 0 aliphatic heterocycles. The molecule has 0 bridgehead atoms. The number of benzene rings is 2. The third-order valence-corrected chi connectivity index (χ3v) is 8.89. The minimum atomic E-state index is 0.951. The molecule has 0 heterocycles. The second-order valence-electron chi connectivity index (χ2n) is 4.21. The summed E-state index contributed by atoms with van der Waals surface area (Å²) in [6.07, 6.45) is 0. The van der Waals surface area contributed by atoms with E-state index in [1.807, 2.05) is 11.8 Å². The lowest BCUT2D eigenvalue weighted by Crippen LogP contribution is -1.88. The highest BCUT2D eigenvalue weighted by Gasteiger charge is 2.08. The van der Waals surface area contributed by atoms with Crippen LogP contribution in [0.3, 0.4) is 0 Å². The van der Waals surface area contributed by atoms with Crippen molar-refractivity contribution in [3.63, 3.8) is 0 Å². The van der Waals surface area contributed by atoms with Gasteiger partial charge >= 0.3 is 0 Å². The summed E-state index contributed by atoms with van der Waals surface area (Å²) in [7, 11) is 0. The zero-order valence-corrected chi connectivity index (χ0v) is 20.7. The first-order chi connectivity index (χ1) is 9.88. The first-order valence-corrected chi connectivity index (χ1v) is 11.6. The van der Waals surface area contributed by atoms with Gasteiger partial charge in [-0.25, -0.2) is 0 Å².